The highest BCUT2D eigenvalue weighted by Crippen LogP contribution is 2.13. The van der Waals surface area contributed by atoms with Crippen molar-refractivity contribution in [1.82, 2.24) is 9.88 Å². The zero-order valence-corrected chi connectivity index (χ0v) is 11.9. The molecule has 0 spiro atoms. The van der Waals surface area contributed by atoms with Crippen LogP contribution in [0.3, 0.4) is 0 Å². The molecule has 1 aliphatic heterocycles. The number of carbonyl (C=O) groups is 2. The lowest BCUT2D eigenvalue weighted by Gasteiger charge is -2.21. The second-order valence-corrected chi connectivity index (χ2v) is 4.91. The summed E-state index contributed by atoms with van der Waals surface area (Å²) >= 11 is 0. The zero-order chi connectivity index (χ0) is 15.2. The van der Waals surface area contributed by atoms with Crippen molar-refractivity contribution < 1.29 is 19.4 Å². The van der Waals surface area contributed by atoms with E-state index < -0.39 is 6.10 Å². The third-order valence-electron chi connectivity index (χ3n) is 3.32. The van der Waals surface area contributed by atoms with Gasteiger partial charge < -0.3 is 20.1 Å². The van der Waals surface area contributed by atoms with Crippen LogP contribution < -0.4 is 10.1 Å². The highest BCUT2D eigenvalue weighted by atomic mass is 16.5. The van der Waals surface area contributed by atoms with Gasteiger partial charge >= 0.3 is 0 Å². The smallest absolute Gasteiger partial charge is 0.251 e. The van der Waals surface area contributed by atoms with Crippen LogP contribution in [-0.4, -0.2) is 53.1 Å². The van der Waals surface area contributed by atoms with E-state index in [4.69, 9.17) is 4.74 Å². The van der Waals surface area contributed by atoms with Gasteiger partial charge in [-0.1, -0.05) is 0 Å². The van der Waals surface area contributed by atoms with E-state index in [-0.39, 0.29) is 18.4 Å². The molecular formula is C14H19N3O4. The summed E-state index contributed by atoms with van der Waals surface area (Å²) < 4.78 is 4.93. The number of aliphatic hydroxyl groups is 1. The Bertz CT molecular complexity index is 503. The Labute approximate surface area is 122 Å². The number of aromatic nitrogens is 1. The first-order valence-electron chi connectivity index (χ1n) is 6.87. The van der Waals surface area contributed by atoms with Gasteiger partial charge in [-0.15, -0.1) is 0 Å². The molecule has 1 atom stereocenters. The molecule has 0 bridgehead atoms. The molecule has 7 nitrogen and oxygen atoms in total. The minimum atomic E-state index is -0.997. The highest BCUT2D eigenvalue weighted by molar-refractivity contribution is 5.95. The zero-order valence-electron chi connectivity index (χ0n) is 11.9. The Morgan fingerprint density at radius 3 is 3.00 bits per heavy atom. The molecule has 7 heteroatoms. The van der Waals surface area contributed by atoms with Crippen molar-refractivity contribution in [2.75, 3.05) is 25.5 Å². The number of nitrogens with one attached hydrogen (secondary N) is 1. The molecule has 21 heavy (non-hydrogen) atoms. The highest BCUT2D eigenvalue weighted by Gasteiger charge is 2.26. The van der Waals surface area contributed by atoms with Gasteiger partial charge in [-0.2, -0.15) is 0 Å². The molecule has 2 rings (SSSR count). The molecule has 2 heterocycles. The van der Waals surface area contributed by atoms with Crippen molar-refractivity contribution in [3.8, 4) is 5.88 Å². The minimum Gasteiger partial charge on any atom is -0.481 e. The Balaban J connectivity index is 1.92. The van der Waals surface area contributed by atoms with Crippen LogP contribution >= 0.6 is 0 Å². The van der Waals surface area contributed by atoms with E-state index in [0.29, 0.717) is 24.5 Å². The molecule has 1 aromatic rings. The predicted molar refractivity (Wildman–Crippen MR) is 75.9 cm³/mol. The minimum absolute atomic E-state index is 0.0675. The van der Waals surface area contributed by atoms with Crippen LogP contribution in [-0.2, 0) is 9.59 Å². The number of methoxy groups -OCH3 is 1. The van der Waals surface area contributed by atoms with Gasteiger partial charge in [0.05, 0.1) is 25.5 Å². The molecule has 1 saturated heterocycles. The number of pyridine rings is 1. The second-order valence-electron chi connectivity index (χ2n) is 4.91. The van der Waals surface area contributed by atoms with E-state index in [0.717, 1.165) is 12.8 Å². The Morgan fingerprint density at radius 2 is 2.33 bits per heavy atom. The monoisotopic (exact) mass is 293 g/mol. The summed E-state index contributed by atoms with van der Waals surface area (Å²) in [5.74, 6) is -0.237. The molecule has 2 N–H and O–H groups in total. The summed E-state index contributed by atoms with van der Waals surface area (Å²) in [4.78, 5) is 29.2. The third kappa shape index (κ3) is 4.16. The molecule has 2 amide bonds. The normalized spacial score (nSPS) is 19.0. The van der Waals surface area contributed by atoms with E-state index in [1.807, 2.05) is 0 Å². The summed E-state index contributed by atoms with van der Waals surface area (Å²) in [6, 6.07) is 3.30. The molecule has 1 aromatic heterocycles. The molecule has 1 fully saturated rings. The lowest BCUT2D eigenvalue weighted by atomic mass is 10.2. The number of rotatable bonds is 4. The molecular weight excluding hydrogens is 274 g/mol. The van der Waals surface area contributed by atoms with Crippen molar-refractivity contribution in [2.24, 2.45) is 0 Å². The lowest BCUT2D eigenvalue weighted by molar-refractivity contribution is -0.141. The maximum absolute atomic E-state index is 12.0. The number of amides is 2. The van der Waals surface area contributed by atoms with E-state index in [9.17, 15) is 14.7 Å². The number of likely N-dealkylation sites (tertiary alicyclic amines) is 1. The standard InChI is InChI=1S/C14H19N3O4/c1-21-13-6-5-10(8-15-13)16-12(19)9-17-7-3-2-4-11(18)14(17)20/h5-6,8,11,18H,2-4,7,9H2,1H3,(H,16,19). The second kappa shape index (κ2) is 7.03. The molecule has 0 aromatic carbocycles. The number of anilines is 1. The maximum Gasteiger partial charge on any atom is 0.251 e. The van der Waals surface area contributed by atoms with Crippen molar-refractivity contribution in [2.45, 2.75) is 25.4 Å². The van der Waals surface area contributed by atoms with E-state index in [1.54, 1.807) is 12.1 Å². The van der Waals surface area contributed by atoms with Crippen LogP contribution in [0.5, 0.6) is 5.88 Å². The molecule has 1 unspecified atom stereocenters. The van der Waals surface area contributed by atoms with Crippen LogP contribution in [0.25, 0.3) is 0 Å². The first-order valence-corrected chi connectivity index (χ1v) is 6.87. The average Bonchev–Trinajstić information content (AvgIpc) is 2.64. The summed E-state index contributed by atoms with van der Waals surface area (Å²) in [7, 11) is 1.51. The third-order valence-corrected chi connectivity index (χ3v) is 3.32. The number of ether oxygens (including phenoxy) is 1. The fourth-order valence-electron chi connectivity index (χ4n) is 2.19. The van der Waals surface area contributed by atoms with Crippen molar-refractivity contribution in [3.63, 3.8) is 0 Å². The number of carbonyl (C=O) groups excluding carboxylic acids is 2. The van der Waals surface area contributed by atoms with Crippen molar-refractivity contribution in [3.05, 3.63) is 18.3 Å². The van der Waals surface area contributed by atoms with Gasteiger partial charge in [0, 0.05) is 12.6 Å². The quantitative estimate of drug-likeness (QED) is 0.838. The SMILES string of the molecule is COc1ccc(NC(=O)CN2CCCCC(O)C2=O)cn1. The molecule has 0 saturated carbocycles. The number of aliphatic hydroxyl groups excluding tert-OH is 1. The molecule has 1 aliphatic rings. The van der Waals surface area contributed by atoms with Crippen LogP contribution in [0.2, 0.25) is 0 Å². The van der Waals surface area contributed by atoms with E-state index in [2.05, 4.69) is 10.3 Å². The first-order chi connectivity index (χ1) is 10.1. The van der Waals surface area contributed by atoms with E-state index >= 15 is 0 Å². The largest absolute Gasteiger partial charge is 0.481 e. The van der Waals surface area contributed by atoms with Gasteiger partial charge in [-0.05, 0) is 25.3 Å². The van der Waals surface area contributed by atoms with Crippen LogP contribution in [0.15, 0.2) is 18.3 Å². The van der Waals surface area contributed by atoms with Gasteiger partial charge in [0.25, 0.3) is 5.91 Å². The summed E-state index contributed by atoms with van der Waals surface area (Å²) in [6.07, 6.45) is 2.52. The summed E-state index contributed by atoms with van der Waals surface area (Å²) in [6.45, 7) is 0.423. The molecule has 114 valence electrons. The van der Waals surface area contributed by atoms with Crippen LogP contribution in [0.4, 0.5) is 5.69 Å². The fraction of sp³-hybridized carbons (Fsp3) is 0.500. The number of nitrogens with zero attached hydrogens (tertiary/aromatic N) is 2. The summed E-state index contributed by atoms with van der Waals surface area (Å²) in [5.41, 5.74) is 0.531. The van der Waals surface area contributed by atoms with Crippen molar-refractivity contribution in [1.29, 1.82) is 0 Å². The number of hydrogen-bond acceptors (Lipinski definition) is 5. The van der Waals surface area contributed by atoms with Crippen LogP contribution in [0, 0.1) is 0 Å². The van der Waals surface area contributed by atoms with Gasteiger partial charge in [-0.25, -0.2) is 4.98 Å². The topological polar surface area (TPSA) is 91.8 Å². The predicted octanol–water partition coefficient (Wildman–Crippen LogP) is 0.402. The van der Waals surface area contributed by atoms with Gasteiger partial charge in [0.15, 0.2) is 0 Å². The number of hydrogen-bond donors (Lipinski definition) is 2. The molecule has 0 aliphatic carbocycles. The Morgan fingerprint density at radius 1 is 1.52 bits per heavy atom. The molecule has 0 radical (unpaired) electrons. The van der Waals surface area contributed by atoms with Gasteiger partial charge in [0.2, 0.25) is 11.8 Å². The maximum atomic E-state index is 12.0. The first kappa shape index (κ1) is 15.2. The fourth-order valence-corrected chi connectivity index (χ4v) is 2.19. The van der Waals surface area contributed by atoms with Gasteiger partial charge in [0.1, 0.15) is 6.10 Å². The lowest BCUT2D eigenvalue weighted by Crippen LogP contribution is -2.42. The average molecular weight is 293 g/mol. The van der Waals surface area contributed by atoms with Gasteiger partial charge in [-0.3, -0.25) is 9.59 Å². The van der Waals surface area contributed by atoms with Crippen molar-refractivity contribution >= 4 is 17.5 Å². The van der Waals surface area contributed by atoms with Crippen LogP contribution in [0.1, 0.15) is 19.3 Å². The van der Waals surface area contributed by atoms with E-state index in [1.165, 1.54) is 18.2 Å². The Kier molecular flexibility index (Phi) is 5.10. The Hall–Kier alpha value is -2.15. The summed E-state index contributed by atoms with van der Waals surface area (Å²) in [5, 5.41) is 12.3.